The fourth-order valence-electron chi connectivity index (χ4n) is 1.65. The maximum atomic E-state index is 8.66. The van der Waals surface area contributed by atoms with Gasteiger partial charge in [-0.15, -0.1) is 0 Å². The van der Waals surface area contributed by atoms with Gasteiger partial charge in [0.1, 0.15) is 11.0 Å². The lowest BCUT2D eigenvalue weighted by Crippen LogP contribution is -2.27. The number of anilines is 1. The normalized spacial score (nSPS) is 14.5. The van der Waals surface area contributed by atoms with Crippen LogP contribution in [0.25, 0.3) is 0 Å². The van der Waals surface area contributed by atoms with Gasteiger partial charge < -0.3 is 4.90 Å². The number of nitrogens with zero attached hydrogens (tertiary/aromatic N) is 3. The highest BCUT2D eigenvalue weighted by Gasteiger charge is 2.31. The Balaban J connectivity index is 2.29. The van der Waals surface area contributed by atoms with E-state index in [4.69, 9.17) is 40.1 Å². The number of halogens is 3. The van der Waals surface area contributed by atoms with Crippen LogP contribution < -0.4 is 4.90 Å². The smallest absolute Gasteiger partial charge is 0.150 e. The van der Waals surface area contributed by atoms with Crippen molar-refractivity contribution in [3.63, 3.8) is 0 Å². The van der Waals surface area contributed by atoms with Crippen LogP contribution in [0.4, 0.5) is 5.82 Å². The molecule has 1 aliphatic carbocycles. The Morgan fingerprint density at radius 2 is 2.06 bits per heavy atom. The zero-order chi connectivity index (χ0) is 12.4. The van der Waals surface area contributed by atoms with Gasteiger partial charge in [-0.05, 0) is 18.9 Å². The second kappa shape index (κ2) is 5.30. The van der Waals surface area contributed by atoms with Crippen LogP contribution in [0.2, 0.25) is 15.2 Å². The Hall–Kier alpha value is -0.690. The molecule has 0 unspecified atom stereocenters. The Morgan fingerprint density at radius 3 is 2.65 bits per heavy atom. The maximum Gasteiger partial charge on any atom is 0.150 e. The van der Waals surface area contributed by atoms with Crippen molar-refractivity contribution in [2.75, 3.05) is 11.4 Å². The molecule has 0 radical (unpaired) electrons. The van der Waals surface area contributed by atoms with Crippen LogP contribution in [0.3, 0.4) is 0 Å². The number of rotatable bonds is 4. The first-order valence-corrected chi connectivity index (χ1v) is 6.42. The second-order valence-electron chi connectivity index (χ2n) is 3.90. The SMILES string of the molecule is N#CCCN(c1nc(Cl)c(Cl)cc1Cl)C1CC1. The van der Waals surface area contributed by atoms with Gasteiger partial charge in [-0.3, -0.25) is 0 Å². The van der Waals surface area contributed by atoms with Crippen LogP contribution >= 0.6 is 34.8 Å². The van der Waals surface area contributed by atoms with Crippen molar-refractivity contribution >= 4 is 40.6 Å². The van der Waals surface area contributed by atoms with Crippen LogP contribution in [0.15, 0.2) is 6.07 Å². The van der Waals surface area contributed by atoms with Crippen LogP contribution in [-0.4, -0.2) is 17.6 Å². The van der Waals surface area contributed by atoms with E-state index in [0.29, 0.717) is 34.9 Å². The third kappa shape index (κ3) is 2.95. The van der Waals surface area contributed by atoms with Gasteiger partial charge in [0.25, 0.3) is 0 Å². The molecule has 0 aromatic carbocycles. The number of hydrogen-bond acceptors (Lipinski definition) is 3. The van der Waals surface area contributed by atoms with Crippen molar-refractivity contribution in [3.8, 4) is 6.07 Å². The average Bonchev–Trinajstić information content (AvgIpc) is 3.10. The van der Waals surface area contributed by atoms with E-state index in [-0.39, 0.29) is 5.15 Å². The molecule has 1 saturated carbocycles. The van der Waals surface area contributed by atoms with E-state index in [1.54, 1.807) is 6.07 Å². The number of aromatic nitrogens is 1. The highest BCUT2D eigenvalue weighted by Crippen LogP contribution is 2.37. The molecular formula is C11H10Cl3N3. The van der Waals surface area contributed by atoms with E-state index in [1.807, 2.05) is 4.90 Å². The molecular weight excluding hydrogens is 281 g/mol. The highest BCUT2D eigenvalue weighted by molar-refractivity contribution is 6.42. The highest BCUT2D eigenvalue weighted by atomic mass is 35.5. The summed E-state index contributed by atoms with van der Waals surface area (Å²) in [6.07, 6.45) is 2.64. The fourth-order valence-corrected chi connectivity index (χ4v) is 2.26. The minimum atomic E-state index is 0.244. The van der Waals surface area contributed by atoms with Crippen molar-refractivity contribution in [3.05, 3.63) is 21.3 Å². The minimum absolute atomic E-state index is 0.244. The van der Waals surface area contributed by atoms with Crippen molar-refractivity contribution in [1.29, 1.82) is 5.26 Å². The summed E-state index contributed by atoms with van der Waals surface area (Å²) in [7, 11) is 0. The standard InChI is InChI=1S/C11H10Cl3N3/c12-8-6-9(13)11(16-10(8)14)17(5-1-4-15)7-2-3-7/h6-7H,1-3,5H2. The van der Waals surface area contributed by atoms with Crippen LogP contribution in [0, 0.1) is 11.3 Å². The average molecular weight is 291 g/mol. The molecule has 1 aromatic heterocycles. The number of nitriles is 1. The molecule has 0 aliphatic heterocycles. The van der Waals surface area contributed by atoms with Gasteiger partial charge in [-0.25, -0.2) is 4.98 Å². The van der Waals surface area contributed by atoms with E-state index >= 15 is 0 Å². The second-order valence-corrected chi connectivity index (χ2v) is 5.07. The molecule has 90 valence electrons. The molecule has 6 heteroatoms. The van der Waals surface area contributed by atoms with Crippen molar-refractivity contribution in [1.82, 2.24) is 4.98 Å². The number of pyridine rings is 1. The van der Waals surface area contributed by atoms with Gasteiger partial charge in [0.15, 0.2) is 0 Å². The molecule has 1 aliphatic rings. The van der Waals surface area contributed by atoms with Crippen LogP contribution in [0.5, 0.6) is 0 Å². The Kier molecular flexibility index (Phi) is 3.98. The molecule has 0 bridgehead atoms. The van der Waals surface area contributed by atoms with E-state index in [0.717, 1.165) is 12.8 Å². The lowest BCUT2D eigenvalue weighted by molar-refractivity contribution is 0.778. The van der Waals surface area contributed by atoms with Crippen LogP contribution in [0.1, 0.15) is 19.3 Å². The summed E-state index contributed by atoms with van der Waals surface area (Å²) in [5, 5.41) is 9.72. The molecule has 2 rings (SSSR count). The van der Waals surface area contributed by atoms with Gasteiger partial charge in [0, 0.05) is 12.6 Å². The summed E-state index contributed by atoms with van der Waals surface area (Å²) in [6.45, 7) is 0.617. The Labute approximate surface area is 115 Å². The lowest BCUT2D eigenvalue weighted by Gasteiger charge is -2.23. The number of hydrogen-bond donors (Lipinski definition) is 0. The minimum Gasteiger partial charge on any atom is -0.351 e. The van der Waals surface area contributed by atoms with E-state index in [9.17, 15) is 0 Å². The predicted octanol–water partition coefficient (Wildman–Crippen LogP) is 3.92. The third-order valence-electron chi connectivity index (χ3n) is 2.59. The molecule has 0 spiro atoms. The molecule has 3 nitrogen and oxygen atoms in total. The summed E-state index contributed by atoms with van der Waals surface area (Å²) in [6, 6.07) is 4.14. The van der Waals surface area contributed by atoms with Crippen molar-refractivity contribution < 1.29 is 0 Å². The summed E-state index contributed by atoms with van der Waals surface area (Å²) in [4.78, 5) is 6.24. The molecule has 0 saturated heterocycles. The zero-order valence-electron chi connectivity index (χ0n) is 8.96. The maximum absolute atomic E-state index is 8.66. The molecule has 1 heterocycles. The van der Waals surface area contributed by atoms with Gasteiger partial charge in [0.05, 0.1) is 22.5 Å². The molecule has 1 fully saturated rings. The topological polar surface area (TPSA) is 39.9 Å². The van der Waals surface area contributed by atoms with E-state index < -0.39 is 0 Å². The van der Waals surface area contributed by atoms with Gasteiger partial charge in [0.2, 0.25) is 0 Å². The van der Waals surface area contributed by atoms with Gasteiger partial charge in [-0.2, -0.15) is 5.26 Å². The first-order chi connectivity index (χ1) is 8.13. The molecule has 1 aromatic rings. The van der Waals surface area contributed by atoms with Crippen molar-refractivity contribution in [2.24, 2.45) is 0 Å². The molecule has 0 atom stereocenters. The van der Waals surface area contributed by atoms with Crippen LogP contribution in [-0.2, 0) is 0 Å². The fraction of sp³-hybridized carbons (Fsp3) is 0.455. The zero-order valence-corrected chi connectivity index (χ0v) is 11.2. The predicted molar refractivity (Wildman–Crippen MR) is 69.9 cm³/mol. The monoisotopic (exact) mass is 289 g/mol. The molecule has 0 amide bonds. The summed E-state index contributed by atoms with van der Waals surface area (Å²) >= 11 is 17.9. The molecule has 0 N–H and O–H groups in total. The first kappa shape index (κ1) is 12.8. The third-order valence-corrected chi connectivity index (χ3v) is 3.54. The largest absolute Gasteiger partial charge is 0.351 e. The Bertz CT molecular complexity index is 466. The van der Waals surface area contributed by atoms with Gasteiger partial charge >= 0.3 is 0 Å². The summed E-state index contributed by atoms with van der Waals surface area (Å²) in [5.41, 5.74) is 0. The van der Waals surface area contributed by atoms with E-state index in [1.165, 1.54) is 0 Å². The first-order valence-electron chi connectivity index (χ1n) is 5.28. The molecule has 17 heavy (non-hydrogen) atoms. The van der Waals surface area contributed by atoms with Gasteiger partial charge in [-0.1, -0.05) is 34.8 Å². The quantitative estimate of drug-likeness (QED) is 0.789. The lowest BCUT2D eigenvalue weighted by atomic mass is 10.3. The Morgan fingerprint density at radius 1 is 1.35 bits per heavy atom. The summed E-state index contributed by atoms with van der Waals surface area (Å²) in [5.74, 6) is 0.624. The van der Waals surface area contributed by atoms with Crippen molar-refractivity contribution in [2.45, 2.75) is 25.3 Å². The summed E-state index contributed by atoms with van der Waals surface area (Å²) < 4.78 is 0. The van der Waals surface area contributed by atoms with E-state index in [2.05, 4.69) is 11.1 Å².